The minimum absolute atomic E-state index is 0. The first-order valence-corrected chi connectivity index (χ1v) is 17.8. The average Bonchev–Trinajstić information content (AvgIpc) is 3.49. The highest BCUT2D eigenvalue weighted by molar-refractivity contribution is 7.99. The van der Waals surface area contributed by atoms with Crippen molar-refractivity contribution in [2.75, 3.05) is 37.9 Å². The largest absolute Gasteiger partial charge is 0.444 e. The number of hydrogen-bond acceptors (Lipinski definition) is 7. The Bertz CT molecular complexity index is 1050. The number of benzene rings is 1. The first-order valence-electron chi connectivity index (χ1n) is 16.2. The SMILES string of the molecule is CC(C)(C)OC(=O)N1CSC[C@H]1C(=O)N[C@H](CCC1CCCCC1)C(=S)N(CCO)C1CCN(Cc2ccccc2)CC1.Cl. The monoisotopic (exact) mass is 668 g/mol. The molecule has 8 nitrogen and oxygen atoms in total. The molecular weight excluding hydrogens is 616 g/mol. The first kappa shape index (κ1) is 36.9. The van der Waals surface area contributed by atoms with Gasteiger partial charge in [0, 0.05) is 38.0 Å². The number of nitrogens with zero attached hydrogens (tertiary/aromatic N) is 3. The van der Waals surface area contributed by atoms with E-state index in [1.807, 2.05) is 26.8 Å². The molecule has 2 heterocycles. The van der Waals surface area contributed by atoms with Crippen molar-refractivity contribution in [2.45, 2.75) is 109 Å². The van der Waals surface area contributed by atoms with E-state index in [1.54, 1.807) is 16.7 Å². The van der Waals surface area contributed by atoms with E-state index in [0.717, 1.165) is 45.3 Å². The Morgan fingerprint density at radius 3 is 2.43 bits per heavy atom. The molecule has 2 aliphatic heterocycles. The van der Waals surface area contributed by atoms with E-state index in [9.17, 15) is 14.7 Å². The van der Waals surface area contributed by atoms with Crippen LogP contribution in [0.4, 0.5) is 4.79 Å². The number of ether oxygens (including phenoxy) is 1. The highest BCUT2D eigenvalue weighted by Crippen LogP contribution is 2.29. The lowest BCUT2D eigenvalue weighted by molar-refractivity contribution is -0.125. The highest BCUT2D eigenvalue weighted by Gasteiger charge is 2.39. The molecule has 1 aliphatic carbocycles. The number of nitrogens with one attached hydrogen (secondary N) is 1. The van der Waals surface area contributed by atoms with Crippen LogP contribution in [-0.4, -0.2) is 98.4 Å². The maximum atomic E-state index is 13.8. The summed E-state index contributed by atoms with van der Waals surface area (Å²) >= 11 is 7.73. The van der Waals surface area contributed by atoms with Gasteiger partial charge in [-0.3, -0.25) is 14.6 Å². The van der Waals surface area contributed by atoms with Crippen molar-refractivity contribution in [3.8, 4) is 0 Å². The Morgan fingerprint density at radius 2 is 1.80 bits per heavy atom. The number of carbonyl (C=O) groups excluding carboxylic acids is 2. The lowest BCUT2D eigenvalue weighted by atomic mass is 9.85. The standard InChI is InChI=1S/C33H52N4O4S2.ClH/c1-33(2,3)41-32(40)37-24-43-23-29(37)30(39)34-28(15-14-25-10-6-4-7-11-25)31(42)36(20-21-38)27-16-18-35(19-17-27)22-26-12-8-5-9-13-26;/h5,8-9,12-13,25,27-29,38H,4,6-7,10-11,14-24H2,1-3H3,(H,34,39);1H/t28-,29+;/m1./s1. The minimum Gasteiger partial charge on any atom is -0.444 e. The van der Waals surface area contributed by atoms with Crippen molar-refractivity contribution in [1.29, 1.82) is 0 Å². The van der Waals surface area contributed by atoms with Crippen molar-refractivity contribution in [2.24, 2.45) is 5.92 Å². The van der Waals surface area contributed by atoms with E-state index < -0.39 is 17.7 Å². The number of piperidine rings is 1. The van der Waals surface area contributed by atoms with Gasteiger partial charge in [0.15, 0.2) is 0 Å². The summed E-state index contributed by atoms with van der Waals surface area (Å²) in [5.74, 6) is 1.45. The Balaban J connectivity index is 0.00000529. The second-order valence-corrected chi connectivity index (χ2v) is 14.8. The predicted octanol–water partition coefficient (Wildman–Crippen LogP) is 5.85. The Kier molecular flexibility index (Phi) is 15.0. The average molecular weight is 669 g/mol. The fraction of sp³-hybridized carbons (Fsp3) is 0.727. The fourth-order valence-electron chi connectivity index (χ4n) is 6.58. The van der Waals surface area contributed by atoms with Crippen LogP contribution in [-0.2, 0) is 16.1 Å². The van der Waals surface area contributed by atoms with Crippen molar-refractivity contribution in [3.63, 3.8) is 0 Å². The molecule has 3 aliphatic rings. The van der Waals surface area contributed by atoms with Gasteiger partial charge in [-0.15, -0.1) is 24.2 Å². The van der Waals surface area contributed by atoms with Gasteiger partial charge >= 0.3 is 6.09 Å². The van der Waals surface area contributed by atoms with Gasteiger partial charge in [0.25, 0.3) is 0 Å². The van der Waals surface area contributed by atoms with E-state index in [0.29, 0.717) is 29.1 Å². The number of halogens is 1. The Hall–Kier alpha value is -1.59. The molecule has 2 atom stereocenters. The lowest BCUT2D eigenvalue weighted by Gasteiger charge is -2.42. The third kappa shape index (κ3) is 11.0. The van der Waals surface area contributed by atoms with Gasteiger partial charge in [-0.05, 0) is 57.9 Å². The maximum Gasteiger partial charge on any atom is 0.411 e. The normalized spacial score (nSPS) is 20.9. The number of thioether (sulfide) groups is 1. The maximum absolute atomic E-state index is 13.8. The van der Waals surface area contributed by atoms with Crippen LogP contribution >= 0.6 is 36.4 Å². The molecule has 248 valence electrons. The third-order valence-corrected chi connectivity index (χ3v) is 10.4. The number of aliphatic hydroxyl groups excluding tert-OH is 1. The first-order chi connectivity index (χ1) is 20.6. The van der Waals surface area contributed by atoms with Gasteiger partial charge in [0.05, 0.1) is 18.5 Å². The second-order valence-electron chi connectivity index (χ2n) is 13.4. The smallest absolute Gasteiger partial charge is 0.411 e. The predicted molar refractivity (Wildman–Crippen MR) is 185 cm³/mol. The van der Waals surface area contributed by atoms with Crippen molar-refractivity contribution >= 4 is 53.4 Å². The van der Waals surface area contributed by atoms with E-state index in [4.69, 9.17) is 17.0 Å². The van der Waals surface area contributed by atoms with Crippen LogP contribution in [0.1, 0.15) is 84.1 Å². The molecule has 0 spiro atoms. The summed E-state index contributed by atoms with van der Waals surface area (Å²) in [7, 11) is 0. The van der Waals surface area contributed by atoms with Gasteiger partial charge < -0.3 is 20.1 Å². The number of hydrogen-bond donors (Lipinski definition) is 2. The molecule has 4 rings (SSSR count). The van der Waals surface area contributed by atoms with Crippen LogP contribution in [0.2, 0.25) is 0 Å². The number of thiocarbonyl (C=S) groups is 1. The number of amides is 2. The van der Waals surface area contributed by atoms with Crippen molar-refractivity contribution in [3.05, 3.63) is 35.9 Å². The zero-order valence-electron chi connectivity index (χ0n) is 26.7. The Labute approximate surface area is 280 Å². The molecule has 2 amide bonds. The second kappa shape index (κ2) is 17.9. The van der Waals surface area contributed by atoms with E-state index >= 15 is 0 Å². The molecule has 0 unspecified atom stereocenters. The van der Waals surface area contributed by atoms with Crippen LogP contribution in [0.3, 0.4) is 0 Å². The van der Waals surface area contributed by atoms with Crippen LogP contribution < -0.4 is 5.32 Å². The van der Waals surface area contributed by atoms with Crippen LogP contribution in [0, 0.1) is 5.92 Å². The molecule has 1 aromatic carbocycles. The molecule has 0 bridgehead atoms. The molecule has 3 fully saturated rings. The minimum atomic E-state index is -0.628. The number of likely N-dealkylation sites (tertiary alicyclic amines) is 1. The Morgan fingerprint density at radius 1 is 1.11 bits per heavy atom. The van der Waals surface area contributed by atoms with E-state index in [2.05, 4.69) is 39.4 Å². The van der Waals surface area contributed by atoms with Crippen LogP contribution in [0.5, 0.6) is 0 Å². The topological polar surface area (TPSA) is 85.3 Å². The third-order valence-electron chi connectivity index (χ3n) is 8.89. The quantitative estimate of drug-likeness (QED) is 0.284. The van der Waals surface area contributed by atoms with E-state index in [1.165, 1.54) is 37.7 Å². The van der Waals surface area contributed by atoms with Gasteiger partial charge in [0.1, 0.15) is 16.6 Å². The van der Waals surface area contributed by atoms with Crippen LogP contribution in [0.15, 0.2) is 30.3 Å². The summed E-state index contributed by atoms with van der Waals surface area (Å²) < 4.78 is 5.60. The summed E-state index contributed by atoms with van der Waals surface area (Å²) in [6.45, 7) is 8.85. The van der Waals surface area contributed by atoms with Gasteiger partial charge in [-0.25, -0.2) is 4.79 Å². The zero-order valence-corrected chi connectivity index (χ0v) is 29.2. The summed E-state index contributed by atoms with van der Waals surface area (Å²) in [6, 6.07) is 9.88. The summed E-state index contributed by atoms with van der Waals surface area (Å²) in [5, 5.41) is 13.4. The summed E-state index contributed by atoms with van der Waals surface area (Å²) in [6.07, 6.45) is 9.58. The van der Waals surface area contributed by atoms with Gasteiger partial charge in [-0.2, -0.15) is 0 Å². The van der Waals surface area contributed by atoms with Crippen molar-refractivity contribution in [1.82, 2.24) is 20.0 Å². The lowest BCUT2D eigenvalue weighted by Crippen LogP contribution is -2.57. The van der Waals surface area contributed by atoms with Gasteiger partial charge in [0.2, 0.25) is 5.91 Å². The molecule has 11 heteroatoms. The van der Waals surface area contributed by atoms with E-state index in [-0.39, 0.29) is 37.0 Å². The molecule has 1 saturated carbocycles. The summed E-state index contributed by atoms with van der Waals surface area (Å²) in [5.41, 5.74) is 0.691. The highest BCUT2D eigenvalue weighted by atomic mass is 35.5. The zero-order chi connectivity index (χ0) is 30.8. The molecule has 44 heavy (non-hydrogen) atoms. The molecule has 2 N–H and O–H groups in total. The number of carbonyl (C=O) groups is 2. The summed E-state index contributed by atoms with van der Waals surface area (Å²) in [4.78, 5) is 33.6. The number of aliphatic hydroxyl groups is 1. The molecule has 0 radical (unpaired) electrons. The van der Waals surface area contributed by atoms with Crippen LogP contribution in [0.25, 0.3) is 0 Å². The van der Waals surface area contributed by atoms with Crippen molar-refractivity contribution < 1.29 is 19.4 Å². The van der Waals surface area contributed by atoms with Gasteiger partial charge in [-0.1, -0.05) is 74.7 Å². The molecule has 0 aromatic heterocycles. The number of rotatable bonds is 11. The molecule has 1 aromatic rings. The molecule has 2 saturated heterocycles. The fourth-order valence-corrected chi connectivity index (χ4v) is 8.13. The molecular formula is C33H53ClN4O4S2.